The van der Waals surface area contributed by atoms with E-state index in [-0.39, 0.29) is 0 Å². The highest BCUT2D eigenvalue weighted by Gasteiger charge is 2.12. The van der Waals surface area contributed by atoms with Crippen LogP contribution in [0, 0.1) is 0 Å². The van der Waals surface area contributed by atoms with Crippen molar-refractivity contribution >= 4 is 21.6 Å². The van der Waals surface area contributed by atoms with Gasteiger partial charge in [0.2, 0.25) is 0 Å². The summed E-state index contributed by atoms with van der Waals surface area (Å²) in [5.74, 6) is 0. The molecular formula is C15H21N3S. The van der Waals surface area contributed by atoms with Gasteiger partial charge in [0.15, 0.2) is 0 Å². The van der Waals surface area contributed by atoms with Gasteiger partial charge in [0.05, 0.1) is 15.2 Å². The van der Waals surface area contributed by atoms with Crippen molar-refractivity contribution < 1.29 is 0 Å². The Hall–Kier alpha value is -0.970. The van der Waals surface area contributed by atoms with Gasteiger partial charge < -0.3 is 5.73 Å². The predicted molar refractivity (Wildman–Crippen MR) is 81.5 cm³/mol. The summed E-state index contributed by atoms with van der Waals surface area (Å²) < 4.78 is 1.32. The van der Waals surface area contributed by atoms with Crippen LogP contribution in [0.2, 0.25) is 0 Å². The third-order valence-electron chi connectivity index (χ3n) is 3.70. The fourth-order valence-electron chi connectivity index (χ4n) is 2.67. The molecule has 1 aliphatic heterocycles. The van der Waals surface area contributed by atoms with Crippen LogP contribution in [0.25, 0.3) is 10.2 Å². The second-order valence-corrected chi connectivity index (χ2v) is 6.40. The molecule has 4 heteroatoms. The number of aromatic nitrogens is 1. The number of aryl methyl sites for hydroxylation is 1. The highest BCUT2D eigenvalue weighted by molar-refractivity contribution is 7.18. The quantitative estimate of drug-likeness (QED) is 0.912. The highest BCUT2D eigenvalue weighted by Crippen LogP contribution is 2.25. The average Bonchev–Trinajstić information content (AvgIpc) is 3.04. The first-order chi connectivity index (χ1) is 9.35. The molecule has 1 fully saturated rings. The van der Waals surface area contributed by atoms with Crippen molar-refractivity contribution in [3.05, 3.63) is 28.8 Å². The van der Waals surface area contributed by atoms with Gasteiger partial charge in [-0.2, -0.15) is 0 Å². The summed E-state index contributed by atoms with van der Waals surface area (Å²) in [6, 6.07) is 6.72. The van der Waals surface area contributed by atoms with Crippen molar-refractivity contribution in [2.24, 2.45) is 5.73 Å². The number of likely N-dealkylation sites (tertiary alicyclic amines) is 1. The van der Waals surface area contributed by atoms with E-state index in [0.717, 1.165) is 31.4 Å². The molecule has 2 N–H and O–H groups in total. The van der Waals surface area contributed by atoms with Crippen molar-refractivity contribution in [3.63, 3.8) is 0 Å². The SMILES string of the molecule is NCCCc1nc2ccc(CN3CCCC3)cc2s1. The number of fused-ring (bicyclic) bond motifs is 1. The molecular weight excluding hydrogens is 254 g/mol. The molecule has 3 rings (SSSR count). The molecule has 19 heavy (non-hydrogen) atoms. The minimum absolute atomic E-state index is 0.746. The molecule has 1 aromatic heterocycles. The van der Waals surface area contributed by atoms with Crippen LogP contribution in [0.15, 0.2) is 18.2 Å². The Balaban J connectivity index is 1.75. The fourth-order valence-corrected chi connectivity index (χ4v) is 3.75. The molecule has 2 aromatic rings. The first-order valence-corrected chi connectivity index (χ1v) is 7.97. The molecule has 0 spiro atoms. The van der Waals surface area contributed by atoms with E-state index in [0.29, 0.717) is 0 Å². The third kappa shape index (κ3) is 3.14. The van der Waals surface area contributed by atoms with Gasteiger partial charge in [0.25, 0.3) is 0 Å². The van der Waals surface area contributed by atoms with Crippen molar-refractivity contribution in [2.45, 2.75) is 32.2 Å². The zero-order valence-electron chi connectivity index (χ0n) is 11.3. The first kappa shape index (κ1) is 13.0. The van der Waals surface area contributed by atoms with Crippen LogP contribution in [0.5, 0.6) is 0 Å². The van der Waals surface area contributed by atoms with E-state index in [4.69, 9.17) is 5.73 Å². The Bertz CT molecular complexity index is 543. The molecule has 0 saturated carbocycles. The summed E-state index contributed by atoms with van der Waals surface area (Å²) in [5.41, 5.74) is 8.12. The predicted octanol–water partition coefficient (Wildman–Crippen LogP) is 2.78. The normalized spacial score (nSPS) is 16.5. The highest BCUT2D eigenvalue weighted by atomic mass is 32.1. The smallest absolute Gasteiger partial charge is 0.0939 e. The molecule has 0 atom stereocenters. The van der Waals surface area contributed by atoms with Crippen LogP contribution in [-0.4, -0.2) is 29.5 Å². The van der Waals surface area contributed by atoms with Gasteiger partial charge in [0, 0.05) is 13.0 Å². The molecule has 1 aliphatic rings. The van der Waals surface area contributed by atoms with E-state index in [1.165, 1.54) is 41.2 Å². The maximum atomic E-state index is 5.56. The molecule has 0 bridgehead atoms. The minimum Gasteiger partial charge on any atom is -0.330 e. The molecule has 2 heterocycles. The second-order valence-electron chi connectivity index (χ2n) is 5.29. The zero-order chi connectivity index (χ0) is 13.1. The van der Waals surface area contributed by atoms with Crippen LogP contribution in [0.3, 0.4) is 0 Å². The topological polar surface area (TPSA) is 42.1 Å². The standard InChI is InChI=1S/C15H21N3S/c16-7-3-4-15-17-13-6-5-12(10-14(13)19-15)11-18-8-1-2-9-18/h5-6,10H,1-4,7-9,11,16H2. The summed E-state index contributed by atoms with van der Waals surface area (Å²) in [4.78, 5) is 7.21. The Morgan fingerprint density at radius 2 is 2.11 bits per heavy atom. The third-order valence-corrected chi connectivity index (χ3v) is 4.77. The molecule has 3 nitrogen and oxygen atoms in total. The molecule has 0 unspecified atom stereocenters. The van der Waals surface area contributed by atoms with Crippen molar-refractivity contribution in [1.29, 1.82) is 0 Å². The number of benzene rings is 1. The van der Waals surface area contributed by atoms with E-state index >= 15 is 0 Å². The summed E-state index contributed by atoms with van der Waals surface area (Å²) in [6.45, 7) is 4.34. The lowest BCUT2D eigenvalue weighted by Crippen LogP contribution is -2.18. The number of rotatable bonds is 5. The Kier molecular flexibility index (Phi) is 4.11. The van der Waals surface area contributed by atoms with Crippen molar-refractivity contribution in [1.82, 2.24) is 9.88 Å². The lowest BCUT2D eigenvalue weighted by atomic mass is 10.2. The first-order valence-electron chi connectivity index (χ1n) is 7.16. The van der Waals surface area contributed by atoms with Gasteiger partial charge in [-0.05, 0) is 56.6 Å². The number of nitrogens with two attached hydrogens (primary N) is 1. The summed E-state index contributed by atoms with van der Waals surface area (Å²) in [7, 11) is 0. The molecule has 102 valence electrons. The van der Waals surface area contributed by atoms with Crippen LogP contribution >= 0.6 is 11.3 Å². The molecule has 0 amide bonds. The molecule has 1 saturated heterocycles. The summed E-state index contributed by atoms with van der Waals surface area (Å²) in [5, 5.41) is 1.22. The van der Waals surface area contributed by atoms with Gasteiger partial charge in [0.1, 0.15) is 0 Å². The van der Waals surface area contributed by atoms with Gasteiger partial charge in [-0.15, -0.1) is 11.3 Å². The summed E-state index contributed by atoms with van der Waals surface area (Å²) >= 11 is 1.82. The molecule has 1 aromatic carbocycles. The number of thiazole rings is 1. The number of hydrogen-bond donors (Lipinski definition) is 1. The Morgan fingerprint density at radius 1 is 1.26 bits per heavy atom. The van der Waals surface area contributed by atoms with Crippen molar-refractivity contribution in [2.75, 3.05) is 19.6 Å². The van der Waals surface area contributed by atoms with E-state index in [2.05, 4.69) is 28.1 Å². The van der Waals surface area contributed by atoms with Crippen LogP contribution in [0.1, 0.15) is 29.8 Å². The monoisotopic (exact) mass is 275 g/mol. The lowest BCUT2D eigenvalue weighted by molar-refractivity contribution is 0.331. The van der Waals surface area contributed by atoms with E-state index in [1.807, 2.05) is 11.3 Å². The Morgan fingerprint density at radius 3 is 2.89 bits per heavy atom. The van der Waals surface area contributed by atoms with Crippen LogP contribution in [-0.2, 0) is 13.0 Å². The van der Waals surface area contributed by atoms with Gasteiger partial charge in [-0.1, -0.05) is 6.07 Å². The lowest BCUT2D eigenvalue weighted by Gasteiger charge is -2.14. The van der Waals surface area contributed by atoms with E-state index < -0.39 is 0 Å². The fraction of sp³-hybridized carbons (Fsp3) is 0.533. The Labute approximate surface area is 118 Å². The average molecular weight is 275 g/mol. The van der Waals surface area contributed by atoms with E-state index in [1.54, 1.807) is 0 Å². The van der Waals surface area contributed by atoms with E-state index in [9.17, 15) is 0 Å². The maximum absolute atomic E-state index is 5.56. The van der Waals surface area contributed by atoms with Gasteiger partial charge in [-0.3, -0.25) is 4.90 Å². The number of nitrogens with zero attached hydrogens (tertiary/aromatic N) is 2. The molecule has 0 radical (unpaired) electrons. The molecule has 0 aliphatic carbocycles. The van der Waals surface area contributed by atoms with Crippen LogP contribution in [0.4, 0.5) is 0 Å². The summed E-state index contributed by atoms with van der Waals surface area (Å²) in [6.07, 6.45) is 4.75. The van der Waals surface area contributed by atoms with Crippen LogP contribution < -0.4 is 5.73 Å². The minimum atomic E-state index is 0.746. The maximum Gasteiger partial charge on any atom is 0.0939 e. The zero-order valence-corrected chi connectivity index (χ0v) is 12.1. The largest absolute Gasteiger partial charge is 0.330 e. The van der Waals surface area contributed by atoms with Gasteiger partial charge in [-0.25, -0.2) is 4.98 Å². The van der Waals surface area contributed by atoms with Gasteiger partial charge >= 0.3 is 0 Å². The number of hydrogen-bond acceptors (Lipinski definition) is 4. The second kappa shape index (κ2) is 5.99. The van der Waals surface area contributed by atoms with Crippen molar-refractivity contribution in [3.8, 4) is 0 Å².